The highest BCUT2D eigenvalue weighted by Crippen LogP contribution is 2.27. The summed E-state index contributed by atoms with van der Waals surface area (Å²) in [5, 5.41) is 2.88. The molecule has 0 aromatic heterocycles. The standard InChI is InChI=1S/C10H10BrNO2/c1-6-3-7(9(14)5-13)10(12-2)8(11)4-6/h3-5,12H,1-2H3. The van der Waals surface area contributed by atoms with E-state index in [4.69, 9.17) is 0 Å². The molecule has 4 heteroatoms. The molecule has 0 aliphatic rings. The number of hydrogen-bond acceptors (Lipinski definition) is 3. The summed E-state index contributed by atoms with van der Waals surface area (Å²) in [6.07, 6.45) is 0.321. The molecule has 1 rings (SSSR count). The van der Waals surface area contributed by atoms with E-state index >= 15 is 0 Å². The number of Topliss-reactive ketones (excluding diaryl/α,β-unsaturated/α-hetero) is 1. The van der Waals surface area contributed by atoms with E-state index in [0.29, 0.717) is 17.5 Å². The van der Waals surface area contributed by atoms with Gasteiger partial charge in [-0.15, -0.1) is 0 Å². The minimum Gasteiger partial charge on any atom is -0.387 e. The number of ketones is 1. The van der Waals surface area contributed by atoms with Crippen LogP contribution in [0.1, 0.15) is 15.9 Å². The number of halogens is 1. The van der Waals surface area contributed by atoms with Gasteiger partial charge in [0, 0.05) is 17.1 Å². The Kier molecular flexibility index (Phi) is 3.41. The van der Waals surface area contributed by atoms with Crippen LogP contribution in [0.25, 0.3) is 0 Å². The van der Waals surface area contributed by atoms with Gasteiger partial charge < -0.3 is 5.32 Å². The Morgan fingerprint density at radius 3 is 2.64 bits per heavy atom. The molecule has 1 aromatic carbocycles. The van der Waals surface area contributed by atoms with E-state index in [1.807, 2.05) is 13.0 Å². The highest BCUT2D eigenvalue weighted by Gasteiger charge is 2.12. The molecule has 0 spiro atoms. The van der Waals surface area contributed by atoms with Crippen molar-refractivity contribution in [3.05, 3.63) is 27.7 Å². The summed E-state index contributed by atoms with van der Waals surface area (Å²) < 4.78 is 0.783. The number of carbonyl (C=O) groups is 2. The van der Waals surface area contributed by atoms with Crippen molar-refractivity contribution < 1.29 is 9.59 Å². The number of benzene rings is 1. The molecule has 0 atom stereocenters. The van der Waals surface area contributed by atoms with E-state index in [1.165, 1.54) is 0 Å². The number of hydrogen-bond donors (Lipinski definition) is 1. The lowest BCUT2D eigenvalue weighted by atomic mass is 10.1. The van der Waals surface area contributed by atoms with Crippen LogP contribution in [0.3, 0.4) is 0 Å². The van der Waals surface area contributed by atoms with Crippen LogP contribution in [-0.2, 0) is 4.79 Å². The fourth-order valence-electron chi connectivity index (χ4n) is 1.25. The third kappa shape index (κ3) is 2.01. The first-order valence-electron chi connectivity index (χ1n) is 4.07. The topological polar surface area (TPSA) is 46.2 Å². The van der Waals surface area contributed by atoms with Gasteiger partial charge in [0.1, 0.15) is 0 Å². The second-order valence-corrected chi connectivity index (χ2v) is 3.76. The minimum absolute atomic E-state index is 0.321. The molecule has 0 heterocycles. The van der Waals surface area contributed by atoms with Crippen LogP contribution in [-0.4, -0.2) is 19.1 Å². The first-order chi connectivity index (χ1) is 6.60. The van der Waals surface area contributed by atoms with Gasteiger partial charge in [-0.25, -0.2) is 0 Å². The van der Waals surface area contributed by atoms with Gasteiger partial charge in [-0.3, -0.25) is 9.59 Å². The molecule has 0 unspecified atom stereocenters. The summed E-state index contributed by atoms with van der Waals surface area (Å²) in [4.78, 5) is 21.7. The molecule has 3 nitrogen and oxygen atoms in total. The maximum Gasteiger partial charge on any atom is 0.227 e. The molecule has 0 amide bonds. The van der Waals surface area contributed by atoms with Crippen LogP contribution in [0.4, 0.5) is 5.69 Å². The first kappa shape index (κ1) is 10.9. The molecule has 14 heavy (non-hydrogen) atoms. The van der Waals surface area contributed by atoms with Crippen molar-refractivity contribution in [3.63, 3.8) is 0 Å². The van der Waals surface area contributed by atoms with Crippen molar-refractivity contribution in [1.29, 1.82) is 0 Å². The summed E-state index contributed by atoms with van der Waals surface area (Å²) in [6, 6.07) is 3.57. The zero-order chi connectivity index (χ0) is 10.7. The predicted molar refractivity (Wildman–Crippen MR) is 58.8 cm³/mol. The third-order valence-electron chi connectivity index (χ3n) is 1.86. The average molecular weight is 256 g/mol. The first-order valence-corrected chi connectivity index (χ1v) is 4.87. The molecule has 0 saturated heterocycles. The Morgan fingerprint density at radius 1 is 1.50 bits per heavy atom. The zero-order valence-electron chi connectivity index (χ0n) is 7.93. The highest BCUT2D eigenvalue weighted by atomic mass is 79.9. The number of aldehydes is 1. The fraction of sp³-hybridized carbons (Fsp3) is 0.200. The molecule has 0 bridgehead atoms. The van der Waals surface area contributed by atoms with E-state index in [1.54, 1.807) is 13.1 Å². The van der Waals surface area contributed by atoms with Crippen molar-refractivity contribution in [2.75, 3.05) is 12.4 Å². The number of aryl methyl sites for hydroxylation is 1. The van der Waals surface area contributed by atoms with E-state index in [-0.39, 0.29) is 0 Å². The Morgan fingerprint density at radius 2 is 2.14 bits per heavy atom. The van der Waals surface area contributed by atoms with E-state index in [9.17, 15) is 9.59 Å². The van der Waals surface area contributed by atoms with Gasteiger partial charge in [0.05, 0.1) is 5.69 Å². The molecule has 0 saturated carbocycles. The SMILES string of the molecule is CNc1c(Br)cc(C)cc1C(=O)C=O. The summed E-state index contributed by atoms with van der Waals surface area (Å²) in [6.45, 7) is 1.87. The van der Waals surface area contributed by atoms with Gasteiger partial charge in [-0.2, -0.15) is 0 Å². The van der Waals surface area contributed by atoms with Gasteiger partial charge >= 0.3 is 0 Å². The fourth-order valence-corrected chi connectivity index (χ4v) is 2.03. The lowest BCUT2D eigenvalue weighted by Gasteiger charge is -2.09. The molecular formula is C10H10BrNO2. The Balaban J connectivity index is 3.39. The molecule has 1 aromatic rings. The van der Waals surface area contributed by atoms with Crippen molar-refractivity contribution >= 4 is 33.7 Å². The normalized spacial score (nSPS) is 9.64. The summed E-state index contributed by atoms with van der Waals surface area (Å²) in [5.74, 6) is -0.515. The molecule has 0 fully saturated rings. The maximum atomic E-state index is 11.3. The zero-order valence-corrected chi connectivity index (χ0v) is 9.51. The Hall–Kier alpha value is -1.16. The van der Waals surface area contributed by atoms with Crippen LogP contribution in [0.15, 0.2) is 16.6 Å². The summed E-state index contributed by atoms with van der Waals surface area (Å²) in [5.41, 5.74) is 1.98. The number of carbonyl (C=O) groups excluding carboxylic acids is 2. The van der Waals surface area contributed by atoms with Crippen molar-refractivity contribution in [3.8, 4) is 0 Å². The van der Waals surface area contributed by atoms with Gasteiger partial charge in [0.2, 0.25) is 5.78 Å². The van der Waals surface area contributed by atoms with E-state index in [2.05, 4.69) is 21.2 Å². The van der Waals surface area contributed by atoms with Crippen LogP contribution in [0.2, 0.25) is 0 Å². The van der Waals surface area contributed by atoms with E-state index in [0.717, 1.165) is 10.0 Å². The summed E-state index contributed by atoms with van der Waals surface area (Å²) in [7, 11) is 1.71. The molecule has 0 aliphatic heterocycles. The van der Waals surface area contributed by atoms with Crippen molar-refractivity contribution in [2.45, 2.75) is 6.92 Å². The van der Waals surface area contributed by atoms with Crippen molar-refractivity contribution in [1.82, 2.24) is 0 Å². The number of rotatable bonds is 3. The second kappa shape index (κ2) is 4.37. The van der Waals surface area contributed by atoms with Crippen LogP contribution in [0, 0.1) is 6.92 Å². The van der Waals surface area contributed by atoms with Gasteiger partial charge in [0.25, 0.3) is 0 Å². The van der Waals surface area contributed by atoms with Gasteiger partial charge in [-0.05, 0) is 40.5 Å². The van der Waals surface area contributed by atoms with Crippen molar-refractivity contribution in [2.24, 2.45) is 0 Å². The largest absolute Gasteiger partial charge is 0.387 e. The molecule has 0 radical (unpaired) electrons. The van der Waals surface area contributed by atoms with Crippen LogP contribution >= 0.6 is 15.9 Å². The molecule has 0 aliphatic carbocycles. The Labute approximate surface area is 90.6 Å². The third-order valence-corrected chi connectivity index (χ3v) is 2.48. The van der Waals surface area contributed by atoms with Gasteiger partial charge in [-0.1, -0.05) is 0 Å². The number of anilines is 1. The molecule has 74 valence electrons. The minimum atomic E-state index is -0.515. The number of nitrogens with one attached hydrogen (secondary N) is 1. The van der Waals surface area contributed by atoms with Crippen LogP contribution < -0.4 is 5.32 Å². The van der Waals surface area contributed by atoms with Crippen LogP contribution in [0.5, 0.6) is 0 Å². The lowest BCUT2D eigenvalue weighted by molar-refractivity contribution is -0.104. The molecular weight excluding hydrogens is 246 g/mol. The second-order valence-electron chi connectivity index (χ2n) is 2.90. The summed E-state index contributed by atoms with van der Waals surface area (Å²) >= 11 is 3.32. The molecule has 1 N–H and O–H groups in total. The van der Waals surface area contributed by atoms with E-state index < -0.39 is 5.78 Å². The average Bonchev–Trinajstić information content (AvgIpc) is 2.15. The predicted octanol–water partition coefficient (Wildman–Crippen LogP) is 2.18. The Bertz CT molecular complexity index is 388. The lowest BCUT2D eigenvalue weighted by Crippen LogP contribution is -2.06. The quantitative estimate of drug-likeness (QED) is 0.512. The highest BCUT2D eigenvalue weighted by molar-refractivity contribution is 9.10. The van der Waals surface area contributed by atoms with Gasteiger partial charge in [0.15, 0.2) is 6.29 Å². The smallest absolute Gasteiger partial charge is 0.227 e. The monoisotopic (exact) mass is 255 g/mol. The maximum absolute atomic E-state index is 11.3.